The topological polar surface area (TPSA) is 49.4 Å². The van der Waals surface area contributed by atoms with Crippen LogP contribution in [-0.4, -0.2) is 28.4 Å². The Morgan fingerprint density at radius 2 is 2.17 bits per heavy atom. The van der Waals surface area contributed by atoms with E-state index in [2.05, 4.69) is 11.9 Å². The Kier molecular flexibility index (Phi) is 4.54. The summed E-state index contributed by atoms with van der Waals surface area (Å²) < 4.78 is 1.05. The number of fused-ring (bicyclic) bond motifs is 1. The molecule has 1 aromatic carbocycles. The van der Waals surface area contributed by atoms with Crippen LogP contribution in [0.25, 0.3) is 16.2 Å². The summed E-state index contributed by atoms with van der Waals surface area (Å²) >= 11 is 12.6. The number of halogens is 1. The SMILES string of the molecule is C=CCN1C(=O)/C(=C/c2sc3ccc(Cl)cc3c2C)C(=O)NC1=S. The molecule has 4 nitrogen and oxygen atoms in total. The molecule has 1 aromatic heterocycles. The van der Waals surface area contributed by atoms with Crippen LogP contribution in [0, 0.1) is 6.92 Å². The number of thiophene rings is 1. The van der Waals surface area contributed by atoms with Crippen molar-refractivity contribution in [1.82, 2.24) is 10.2 Å². The van der Waals surface area contributed by atoms with Gasteiger partial charge in [-0.1, -0.05) is 17.7 Å². The van der Waals surface area contributed by atoms with Crippen molar-refractivity contribution >= 4 is 68.2 Å². The van der Waals surface area contributed by atoms with Crippen molar-refractivity contribution in [3.63, 3.8) is 0 Å². The first-order valence-corrected chi connectivity index (χ1v) is 8.71. The number of benzene rings is 1. The molecule has 2 heterocycles. The molecule has 7 heteroatoms. The van der Waals surface area contributed by atoms with Crippen LogP contribution in [-0.2, 0) is 9.59 Å². The molecule has 3 rings (SSSR count). The first-order chi connectivity index (χ1) is 11.4. The number of aryl methyl sites for hydroxylation is 1. The lowest BCUT2D eigenvalue weighted by Crippen LogP contribution is -2.53. The molecule has 0 spiro atoms. The van der Waals surface area contributed by atoms with Crippen molar-refractivity contribution in [3.8, 4) is 0 Å². The van der Waals surface area contributed by atoms with Crippen LogP contribution in [0.3, 0.4) is 0 Å². The highest BCUT2D eigenvalue weighted by Crippen LogP contribution is 2.34. The molecule has 0 saturated carbocycles. The smallest absolute Gasteiger partial charge is 0.265 e. The quantitative estimate of drug-likeness (QED) is 0.385. The van der Waals surface area contributed by atoms with Crippen LogP contribution < -0.4 is 5.32 Å². The second-order valence-corrected chi connectivity index (χ2v) is 7.16. The highest BCUT2D eigenvalue weighted by Gasteiger charge is 2.32. The highest BCUT2D eigenvalue weighted by molar-refractivity contribution is 7.80. The average Bonchev–Trinajstić information content (AvgIpc) is 2.84. The number of carbonyl (C=O) groups is 2. The largest absolute Gasteiger partial charge is 0.298 e. The van der Waals surface area contributed by atoms with Crippen molar-refractivity contribution < 1.29 is 9.59 Å². The lowest BCUT2D eigenvalue weighted by molar-refractivity contribution is -0.128. The zero-order valence-electron chi connectivity index (χ0n) is 12.8. The predicted octanol–water partition coefficient (Wildman–Crippen LogP) is 3.68. The molecule has 122 valence electrons. The molecule has 2 aromatic rings. The van der Waals surface area contributed by atoms with Gasteiger partial charge in [0.15, 0.2) is 5.11 Å². The summed E-state index contributed by atoms with van der Waals surface area (Å²) in [5.74, 6) is -0.904. The van der Waals surface area contributed by atoms with Crippen LogP contribution in [0.1, 0.15) is 10.4 Å². The fourth-order valence-electron chi connectivity index (χ4n) is 2.47. The third-order valence-corrected chi connectivity index (χ3v) is 5.49. The molecule has 0 bridgehead atoms. The van der Waals surface area contributed by atoms with E-state index in [1.807, 2.05) is 25.1 Å². The van der Waals surface area contributed by atoms with Crippen LogP contribution in [0.5, 0.6) is 0 Å². The maximum atomic E-state index is 12.6. The van der Waals surface area contributed by atoms with Crippen molar-refractivity contribution in [2.45, 2.75) is 6.92 Å². The summed E-state index contributed by atoms with van der Waals surface area (Å²) in [4.78, 5) is 26.9. The number of amides is 2. The molecular weight excluding hydrogens is 364 g/mol. The standard InChI is InChI=1S/C17H13ClN2O2S2/c1-3-6-20-16(22)12(15(21)19-17(20)23)8-14-9(2)11-7-10(18)4-5-13(11)24-14/h3-5,7-8H,1,6H2,2H3,(H,19,21,23)/b12-8+. The Bertz CT molecular complexity index is 930. The van der Waals surface area contributed by atoms with E-state index in [1.165, 1.54) is 16.2 Å². The zero-order chi connectivity index (χ0) is 17.4. The molecule has 24 heavy (non-hydrogen) atoms. The molecule has 1 fully saturated rings. The molecular formula is C17H13ClN2O2S2. The van der Waals surface area contributed by atoms with Crippen LogP contribution in [0.15, 0.2) is 36.4 Å². The molecule has 0 radical (unpaired) electrons. The van der Waals surface area contributed by atoms with Crippen LogP contribution in [0.2, 0.25) is 5.02 Å². The van der Waals surface area contributed by atoms with Gasteiger partial charge in [-0.25, -0.2) is 0 Å². The van der Waals surface area contributed by atoms with Gasteiger partial charge in [-0.05, 0) is 54.4 Å². The summed E-state index contributed by atoms with van der Waals surface area (Å²) in [7, 11) is 0. The summed E-state index contributed by atoms with van der Waals surface area (Å²) in [6, 6.07) is 5.63. The van der Waals surface area contributed by atoms with E-state index >= 15 is 0 Å². The summed E-state index contributed by atoms with van der Waals surface area (Å²) in [6.07, 6.45) is 3.18. The highest BCUT2D eigenvalue weighted by atomic mass is 35.5. The average molecular weight is 377 g/mol. The zero-order valence-corrected chi connectivity index (χ0v) is 15.1. The van der Waals surface area contributed by atoms with E-state index in [1.54, 1.807) is 12.2 Å². The van der Waals surface area contributed by atoms with E-state index in [0.717, 1.165) is 20.5 Å². The maximum absolute atomic E-state index is 12.6. The van der Waals surface area contributed by atoms with Crippen LogP contribution in [0.4, 0.5) is 0 Å². The molecule has 1 aliphatic heterocycles. The van der Waals surface area contributed by atoms with Gasteiger partial charge in [-0.2, -0.15) is 0 Å². The van der Waals surface area contributed by atoms with Crippen molar-refractivity contribution in [2.75, 3.05) is 6.54 Å². The first-order valence-electron chi connectivity index (χ1n) is 7.10. The van der Waals surface area contributed by atoms with Crippen molar-refractivity contribution in [2.24, 2.45) is 0 Å². The van der Waals surface area contributed by atoms with Gasteiger partial charge in [0.25, 0.3) is 11.8 Å². The normalized spacial score (nSPS) is 16.8. The van der Waals surface area contributed by atoms with E-state index in [0.29, 0.717) is 5.02 Å². The van der Waals surface area contributed by atoms with E-state index in [4.69, 9.17) is 23.8 Å². The Hall–Kier alpha value is -2.02. The van der Waals surface area contributed by atoms with E-state index in [-0.39, 0.29) is 17.2 Å². The number of hydrogen-bond donors (Lipinski definition) is 1. The van der Waals surface area contributed by atoms with Gasteiger partial charge in [0.2, 0.25) is 0 Å². The van der Waals surface area contributed by atoms with Crippen molar-refractivity contribution in [1.29, 1.82) is 0 Å². The van der Waals surface area contributed by atoms with Gasteiger partial charge in [-0.15, -0.1) is 17.9 Å². The van der Waals surface area contributed by atoms with E-state index < -0.39 is 11.8 Å². The second kappa shape index (κ2) is 6.47. The van der Waals surface area contributed by atoms with Gasteiger partial charge in [-0.3, -0.25) is 19.8 Å². The minimum absolute atomic E-state index is 0.0613. The summed E-state index contributed by atoms with van der Waals surface area (Å²) in [6.45, 7) is 5.80. The summed E-state index contributed by atoms with van der Waals surface area (Å²) in [5.41, 5.74) is 1.04. The maximum Gasteiger partial charge on any atom is 0.265 e. The fourth-order valence-corrected chi connectivity index (χ4v) is 4.03. The third kappa shape index (κ3) is 2.88. The molecule has 0 atom stereocenters. The number of rotatable bonds is 3. The Morgan fingerprint density at radius 1 is 1.42 bits per heavy atom. The van der Waals surface area contributed by atoms with Crippen LogP contribution >= 0.6 is 35.2 Å². The lowest BCUT2D eigenvalue weighted by atomic mass is 10.1. The number of thiocarbonyl (C=S) groups is 1. The third-order valence-electron chi connectivity index (χ3n) is 3.71. The van der Waals surface area contributed by atoms with Crippen molar-refractivity contribution in [3.05, 3.63) is 51.9 Å². The lowest BCUT2D eigenvalue weighted by Gasteiger charge is -2.27. The monoisotopic (exact) mass is 376 g/mol. The first kappa shape index (κ1) is 16.8. The predicted molar refractivity (Wildman–Crippen MR) is 102 cm³/mol. The molecule has 1 N–H and O–H groups in total. The Balaban J connectivity index is 2.08. The second-order valence-electron chi connectivity index (χ2n) is 5.25. The van der Waals surface area contributed by atoms with Gasteiger partial charge in [0.05, 0.1) is 0 Å². The number of carbonyl (C=O) groups excluding carboxylic acids is 2. The molecule has 2 amide bonds. The minimum atomic E-state index is -0.486. The minimum Gasteiger partial charge on any atom is -0.298 e. The Labute approximate surface area is 153 Å². The van der Waals surface area contributed by atoms with Gasteiger partial charge < -0.3 is 0 Å². The summed E-state index contributed by atoms with van der Waals surface area (Å²) in [5, 5.41) is 4.31. The molecule has 1 saturated heterocycles. The Morgan fingerprint density at radius 3 is 2.88 bits per heavy atom. The number of hydrogen-bond acceptors (Lipinski definition) is 4. The van der Waals surface area contributed by atoms with Gasteiger partial charge in [0.1, 0.15) is 5.57 Å². The molecule has 0 aliphatic carbocycles. The fraction of sp³-hybridized carbons (Fsp3) is 0.118. The van der Waals surface area contributed by atoms with Gasteiger partial charge in [0, 0.05) is 21.1 Å². The molecule has 0 unspecified atom stereocenters. The van der Waals surface area contributed by atoms with Gasteiger partial charge >= 0.3 is 0 Å². The number of nitrogens with zero attached hydrogens (tertiary/aromatic N) is 1. The van der Waals surface area contributed by atoms with E-state index in [9.17, 15) is 9.59 Å². The molecule has 1 aliphatic rings. The number of nitrogens with one attached hydrogen (secondary N) is 1.